The lowest BCUT2D eigenvalue weighted by atomic mass is 9.89. The van der Waals surface area contributed by atoms with Crippen molar-refractivity contribution in [3.8, 4) is 0 Å². The predicted molar refractivity (Wildman–Crippen MR) is 85.0 cm³/mol. The zero-order valence-electron chi connectivity index (χ0n) is 14.0. The van der Waals surface area contributed by atoms with Gasteiger partial charge < -0.3 is 4.74 Å². The van der Waals surface area contributed by atoms with Gasteiger partial charge in [-0.05, 0) is 52.5 Å². The fraction of sp³-hybridized carbons (Fsp3) is 0.667. The molecular formula is C18H28O3. The first-order chi connectivity index (χ1) is 9.80. The summed E-state index contributed by atoms with van der Waals surface area (Å²) in [5.41, 5.74) is 0.675. The Kier molecular flexibility index (Phi) is 6.38. The third-order valence-corrected chi connectivity index (χ3v) is 3.36. The molecule has 0 saturated heterocycles. The number of carbonyl (C=O) groups excluding carboxylic acids is 2. The zero-order chi connectivity index (χ0) is 16.0. The Bertz CT molecular complexity index is 461. The van der Waals surface area contributed by atoms with E-state index >= 15 is 0 Å². The van der Waals surface area contributed by atoms with Gasteiger partial charge in [-0.2, -0.15) is 0 Å². The number of carbonyl (C=O) groups is 2. The Balaban J connectivity index is 3.09. The van der Waals surface area contributed by atoms with Gasteiger partial charge in [-0.1, -0.05) is 26.7 Å². The van der Waals surface area contributed by atoms with Gasteiger partial charge in [0.05, 0.1) is 0 Å². The molecule has 1 rings (SSSR count). The summed E-state index contributed by atoms with van der Waals surface area (Å²) in [5.74, 6) is 0.145. The van der Waals surface area contributed by atoms with Crippen molar-refractivity contribution in [2.75, 3.05) is 0 Å². The number of allylic oxidation sites excluding steroid dienone is 3. The first kappa shape index (κ1) is 17.7. The van der Waals surface area contributed by atoms with Crippen LogP contribution < -0.4 is 0 Å². The van der Waals surface area contributed by atoms with E-state index in [0.717, 1.165) is 25.7 Å². The van der Waals surface area contributed by atoms with Crippen molar-refractivity contribution >= 4 is 11.6 Å². The quantitative estimate of drug-likeness (QED) is 0.648. The van der Waals surface area contributed by atoms with Gasteiger partial charge in [-0.3, -0.25) is 9.59 Å². The van der Waals surface area contributed by atoms with Crippen LogP contribution in [0.1, 0.15) is 73.1 Å². The lowest BCUT2D eigenvalue weighted by Crippen LogP contribution is -2.28. The first-order valence-electron chi connectivity index (χ1n) is 8.02. The lowest BCUT2D eigenvalue weighted by molar-refractivity contribution is -0.121. The molecule has 21 heavy (non-hydrogen) atoms. The van der Waals surface area contributed by atoms with E-state index in [1.807, 2.05) is 20.8 Å². The van der Waals surface area contributed by atoms with E-state index in [1.165, 1.54) is 6.08 Å². The Morgan fingerprint density at radius 3 is 2.10 bits per heavy atom. The van der Waals surface area contributed by atoms with Crippen LogP contribution >= 0.6 is 0 Å². The number of hydrogen-bond donors (Lipinski definition) is 0. The van der Waals surface area contributed by atoms with Crippen LogP contribution in [0.15, 0.2) is 23.0 Å². The summed E-state index contributed by atoms with van der Waals surface area (Å²) in [6, 6.07) is 0. The summed E-state index contributed by atoms with van der Waals surface area (Å²) in [7, 11) is 0. The topological polar surface area (TPSA) is 43.4 Å². The number of ether oxygens (including phenoxy) is 1. The first-order valence-corrected chi connectivity index (χ1v) is 8.02. The minimum atomic E-state index is -0.476. The maximum atomic E-state index is 12.6. The third-order valence-electron chi connectivity index (χ3n) is 3.36. The maximum absolute atomic E-state index is 12.6. The Labute approximate surface area is 128 Å². The van der Waals surface area contributed by atoms with Crippen molar-refractivity contribution in [3.05, 3.63) is 23.0 Å². The molecule has 0 aromatic heterocycles. The molecule has 3 heteroatoms. The van der Waals surface area contributed by atoms with Crippen LogP contribution in [0.5, 0.6) is 0 Å². The van der Waals surface area contributed by atoms with E-state index in [0.29, 0.717) is 24.0 Å². The van der Waals surface area contributed by atoms with Crippen LogP contribution in [0, 0.1) is 0 Å². The summed E-state index contributed by atoms with van der Waals surface area (Å²) in [5, 5.41) is 0. The molecule has 1 aliphatic rings. The van der Waals surface area contributed by atoms with Gasteiger partial charge >= 0.3 is 0 Å². The van der Waals surface area contributed by atoms with Crippen molar-refractivity contribution < 1.29 is 14.3 Å². The van der Waals surface area contributed by atoms with E-state index in [1.54, 1.807) is 0 Å². The van der Waals surface area contributed by atoms with Crippen LogP contribution in [0.25, 0.3) is 0 Å². The van der Waals surface area contributed by atoms with E-state index in [2.05, 4.69) is 13.8 Å². The van der Waals surface area contributed by atoms with Crippen LogP contribution in [0.3, 0.4) is 0 Å². The summed E-state index contributed by atoms with van der Waals surface area (Å²) < 4.78 is 5.85. The van der Waals surface area contributed by atoms with Crippen molar-refractivity contribution in [3.63, 3.8) is 0 Å². The fourth-order valence-electron chi connectivity index (χ4n) is 2.26. The molecule has 0 unspecified atom stereocenters. The van der Waals surface area contributed by atoms with Crippen LogP contribution in [-0.2, 0) is 14.3 Å². The standard InChI is InChI=1S/C18H28O3/c1-6-8-10-13-12-15(19)14(11-9-7-2)17(16(13)20)21-18(3,4)5/h12H,6-11H2,1-5H3. The van der Waals surface area contributed by atoms with E-state index in [9.17, 15) is 9.59 Å². The Morgan fingerprint density at radius 2 is 1.57 bits per heavy atom. The molecule has 0 saturated carbocycles. The highest BCUT2D eigenvalue weighted by molar-refractivity contribution is 6.21. The summed E-state index contributed by atoms with van der Waals surface area (Å²) in [6.07, 6.45) is 6.59. The molecule has 0 fully saturated rings. The molecular weight excluding hydrogens is 264 g/mol. The molecule has 0 bridgehead atoms. The summed E-state index contributed by atoms with van der Waals surface area (Å²) in [4.78, 5) is 25.0. The van der Waals surface area contributed by atoms with Gasteiger partial charge in [-0.15, -0.1) is 0 Å². The summed E-state index contributed by atoms with van der Waals surface area (Å²) in [6.45, 7) is 9.85. The molecule has 118 valence electrons. The maximum Gasteiger partial charge on any atom is 0.224 e. The van der Waals surface area contributed by atoms with Gasteiger partial charge in [0.2, 0.25) is 5.78 Å². The van der Waals surface area contributed by atoms with Gasteiger partial charge in [0.25, 0.3) is 0 Å². The van der Waals surface area contributed by atoms with E-state index in [-0.39, 0.29) is 17.3 Å². The number of unbranched alkanes of at least 4 members (excludes halogenated alkanes) is 2. The average Bonchev–Trinajstić information content (AvgIpc) is 2.39. The average molecular weight is 292 g/mol. The Hall–Kier alpha value is -1.38. The Morgan fingerprint density at radius 1 is 1.00 bits per heavy atom. The van der Waals surface area contributed by atoms with Crippen molar-refractivity contribution in [1.29, 1.82) is 0 Å². The van der Waals surface area contributed by atoms with E-state index < -0.39 is 5.60 Å². The highest BCUT2D eigenvalue weighted by Gasteiger charge is 2.31. The summed E-state index contributed by atoms with van der Waals surface area (Å²) >= 11 is 0. The van der Waals surface area contributed by atoms with Gasteiger partial charge in [0.1, 0.15) is 5.60 Å². The molecule has 0 atom stereocenters. The zero-order valence-corrected chi connectivity index (χ0v) is 14.0. The van der Waals surface area contributed by atoms with Crippen LogP contribution in [0.4, 0.5) is 0 Å². The highest BCUT2D eigenvalue weighted by Crippen LogP contribution is 2.29. The molecule has 1 aliphatic carbocycles. The lowest BCUT2D eigenvalue weighted by Gasteiger charge is -2.27. The van der Waals surface area contributed by atoms with Gasteiger partial charge in [-0.25, -0.2) is 0 Å². The fourth-order valence-corrected chi connectivity index (χ4v) is 2.26. The van der Waals surface area contributed by atoms with Crippen LogP contribution in [0.2, 0.25) is 0 Å². The molecule has 0 N–H and O–H groups in total. The molecule has 0 heterocycles. The highest BCUT2D eigenvalue weighted by atomic mass is 16.5. The predicted octanol–water partition coefficient (Wildman–Crippen LogP) is 4.51. The smallest absolute Gasteiger partial charge is 0.224 e. The second-order valence-electron chi connectivity index (χ2n) is 6.59. The van der Waals surface area contributed by atoms with Gasteiger partial charge in [0, 0.05) is 11.1 Å². The third kappa shape index (κ3) is 5.14. The normalized spacial score (nSPS) is 16.3. The van der Waals surface area contributed by atoms with E-state index in [4.69, 9.17) is 4.74 Å². The van der Waals surface area contributed by atoms with Crippen LogP contribution in [-0.4, -0.2) is 17.2 Å². The number of ketones is 2. The number of hydrogen-bond acceptors (Lipinski definition) is 3. The number of rotatable bonds is 7. The van der Waals surface area contributed by atoms with Crippen molar-refractivity contribution in [2.24, 2.45) is 0 Å². The second kappa shape index (κ2) is 7.58. The van der Waals surface area contributed by atoms with Crippen molar-refractivity contribution in [1.82, 2.24) is 0 Å². The molecule has 0 amide bonds. The monoisotopic (exact) mass is 292 g/mol. The minimum Gasteiger partial charge on any atom is -0.484 e. The van der Waals surface area contributed by atoms with Gasteiger partial charge in [0.15, 0.2) is 11.5 Å². The minimum absolute atomic E-state index is 0.0478. The number of Topliss-reactive ketones (excluding diaryl/α,β-unsaturated/α-hetero) is 1. The molecule has 0 spiro atoms. The SMILES string of the molecule is CCCCC1=CC(=O)C(CCCC)=C(OC(C)(C)C)C1=O. The second-order valence-corrected chi connectivity index (χ2v) is 6.59. The van der Waals surface area contributed by atoms with Crippen molar-refractivity contribution in [2.45, 2.75) is 78.7 Å². The molecule has 0 aromatic rings. The molecule has 0 radical (unpaired) electrons. The molecule has 0 aromatic carbocycles. The largest absolute Gasteiger partial charge is 0.484 e. The molecule has 3 nitrogen and oxygen atoms in total. The molecule has 0 aliphatic heterocycles.